The molecule has 0 bridgehead atoms. The van der Waals surface area contributed by atoms with E-state index in [1.165, 1.54) is 0 Å². The molecule has 4 heteroatoms. The minimum Gasteiger partial charge on any atom is -0.341 e. The van der Waals surface area contributed by atoms with Gasteiger partial charge in [0.2, 0.25) is 0 Å². The van der Waals surface area contributed by atoms with Crippen LogP contribution in [0.2, 0.25) is 0 Å². The normalized spacial score (nSPS) is 18.4. The van der Waals surface area contributed by atoms with Gasteiger partial charge in [0.15, 0.2) is 5.96 Å². The molecule has 0 saturated carbocycles. The van der Waals surface area contributed by atoms with Crippen LogP contribution < -0.4 is 4.90 Å². The first-order valence-corrected chi connectivity index (χ1v) is 5.05. The van der Waals surface area contributed by atoms with Crippen molar-refractivity contribution in [3.8, 4) is 0 Å². The Bertz CT molecular complexity index is 455. The van der Waals surface area contributed by atoms with Gasteiger partial charge in [-0.05, 0) is 29.7 Å². The predicted molar refractivity (Wildman–Crippen MR) is 56.6 cm³/mol. The van der Waals surface area contributed by atoms with Gasteiger partial charge in [-0.3, -0.25) is 5.41 Å². The second-order valence-corrected chi connectivity index (χ2v) is 4.15. The summed E-state index contributed by atoms with van der Waals surface area (Å²) in [6.45, 7) is 1.43. The lowest BCUT2D eigenvalue weighted by molar-refractivity contribution is 0.472. The molecule has 3 nitrogen and oxygen atoms in total. The highest BCUT2D eigenvalue weighted by Gasteiger charge is 2.32. The summed E-state index contributed by atoms with van der Waals surface area (Å²) in [5.74, 6) is 0.361. The van der Waals surface area contributed by atoms with Crippen molar-refractivity contribution in [2.45, 2.75) is 13.0 Å². The average molecular weight is 205 g/mol. The van der Waals surface area contributed by atoms with Gasteiger partial charge in [-0.15, -0.1) is 0 Å². The number of hydrogen-bond acceptors (Lipinski definition) is 1. The van der Waals surface area contributed by atoms with E-state index >= 15 is 0 Å². The van der Waals surface area contributed by atoms with Gasteiger partial charge in [0.25, 0.3) is 0 Å². The minimum atomic E-state index is -0.160. The molecule has 1 aromatic carbocycles. The molecule has 0 aliphatic carbocycles. The SMILES string of the molecule is CN1Cc2cc(F)cc3c2N(CC3)C1=N. The van der Waals surface area contributed by atoms with Gasteiger partial charge < -0.3 is 9.80 Å². The number of nitrogens with one attached hydrogen (secondary N) is 1. The number of anilines is 1. The summed E-state index contributed by atoms with van der Waals surface area (Å²) in [4.78, 5) is 3.81. The minimum absolute atomic E-state index is 0.160. The maximum absolute atomic E-state index is 13.3. The second kappa shape index (κ2) is 2.72. The Balaban J connectivity index is 2.22. The lowest BCUT2D eigenvalue weighted by Gasteiger charge is -2.35. The molecule has 0 spiro atoms. The van der Waals surface area contributed by atoms with E-state index in [1.54, 1.807) is 12.1 Å². The lowest BCUT2D eigenvalue weighted by Crippen LogP contribution is -2.44. The topological polar surface area (TPSA) is 30.3 Å². The number of halogens is 1. The smallest absolute Gasteiger partial charge is 0.198 e. The van der Waals surface area contributed by atoms with Crippen LogP contribution in [0.4, 0.5) is 10.1 Å². The summed E-state index contributed by atoms with van der Waals surface area (Å²) in [6.07, 6.45) is 0.844. The fourth-order valence-electron chi connectivity index (χ4n) is 2.47. The van der Waals surface area contributed by atoms with Crippen LogP contribution in [0.25, 0.3) is 0 Å². The third kappa shape index (κ3) is 1.07. The summed E-state index contributed by atoms with van der Waals surface area (Å²) in [6, 6.07) is 3.18. The van der Waals surface area contributed by atoms with Crippen LogP contribution >= 0.6 is 0 Å². The monoisotopic (exact) mass is 205 g/mol. The second-order valence-electron chi connectivity index (χ2n) is 4.15. The third-order valence-corrected chi connectivity index (χ3v) is 3.13. The van der Waals surface area contributed by atoms with Crippen molar-refractivity contribution < 1.29 is 4.39 Å². The van der Waals surface area contributed by atoms with Crippen LogP contribution in [0.5, 0.6) is 0 Å². The molecule has 0 atom stereocenters. The van der Waals surface area contributed by atoms with Crippen molar-refractivity contribution in [3.05, 3.63) is 29.1 Å². The summed E-state index contributed by atoms with van der Waals surface area (Å²) in [5, 5.41) is 7.93. The van der Waals surface area contributed by atoms with Gasteiger partial charge in [-0.1, -0.05) is 0 Å². The Kier molecular flexibility index (Phi) is 1.58. The van der Waals surface area contributed by atoms with Crippen LogP contribution in [0.3, 0.4) is 0 Å². The van der Waals surface area contributed by atoms with Crippen molar-refractivity contribution >= 4 is 11.6 Å². The highest BCUT2D eigenvalue weighted by atomic mass is 19.1. The molecule has 15 heavy (non-hydrogen) atoms. The van der Waals surface area contributed by atoms with E-state index in [1.807, 2.05) is 16.8 Å². The zero-order valence-corrected chi connectivity index (χ0v) is 8.55. The molecule has 0 saturated heterocycles. The van der Waals surface area contributed by atoms with Crippen molar-refractivity contribution in [2.24, 2.45) is 0 Å². The van der Waals surface area contributed by atoms with Gasteiger partial charge in [0.05, 0.1) is 5.69 Å². The van der Waals surface area contributed by atoms with Crippen LogP contribution in [0.1, 0.15) is 11.1 Å². The average Bonchev–Trinajstić information content (AvgIpc) is 2.58. The largest absolute Gasteiger partial charge is 0.341 e. The van der Waals surface area contributed by atoms with Crippen molar-refractivity contribution in [1.29, 1.82) is 5.41 Å². The molecule has 1 aromatic rings. The zero-order chi connectivity index (χ0) is 10.6. The highest BCUT2D eigenvalue weighted by molar-refractivity contribution is 5.98. The summed E-state index contributed by atoms with van der Waals surface area (Å²) in [5.41, 5.74) is 3.11. The van der Waals surface area contributed by atoms with E-state index in [0.29, 0.717) is 12.5 Å². The Morgan fingerprint density at radius 3 is 2.87 bits per heavy atom. The first-order chi connectivity index (χ1) is 7.16. The lowest BCUT2D eigenvalue weighted by atomic mass is 10.1. The Morgan fingerprint density at radius 2 is 2.07 bits per heavy atom. The van der Waals surface area contributed by atoms with E-state index in [2.05, 4.69) is 0 Å². The number of guanidine groups is 1. The molecule has 2 aliphatic rings. The predicted octanol–water partition coefficient (Wildman–Crippen LogP) is 1.57. The molecule has 3 rings (SSSR count). The van der Waals surface area contributed by atoms with Gasteiger partial charge in [-0.25, -0.2) is 4.39 Å². The molecule has 0 fully saturated rings. The summed E-state index contributed by atoms with van der Waals surface area (Å²) >= 11 is 0. The molecule has 0 radical (unpaired) electrons. The molecule has 78 valence electrons. The standard InChI is InChI=1S/C11H12FN3/c1-14-6-8-5-9(12)4-7-2-3-15(10(7)8)11(14)13/h4-5,13H,2-3,6H2,1H3. The van der Waals surface area contributed by atoms with Crippen molar-refractivity contribution in [3.63, 3.8) is 0 Å². The first kappa shape index (κ1) is 8.71. The van der Waals surface area contributed by atoms with E-state index in [4.69, 9.17) is 5.41 Å². The molecule has 1 N–H and O–H groups in total. The summed E-state index contributed by atoms with van der Waals surface area (Å²) in [7, 11) is 1.87. The third-order valence-electron chi connectivity index (χ3n) is 3.13. The number of nitrogens with zero attached hydrogens (tertiary/aromatic N) is 2. The van der Waals surface area contributed by atoms with Gasteiger partial charge in [0.1, 0.15) is 5.82 Å². The fourth-order valence-corrected chi connectivity index (χ4v) is 2.47. The number of rotatable bonds is 0. The quantitative estimate of drug-likeness (QED) is 0.696. The van der Waals surface area contributed by atoms with E-state index in [-0.39, 0.29) is 5.82 Å². The van der Waals surface area contributed by atoms with Gasteiger partial charge in [0, 0.05) is 20.1 Å². The molecule has 2 heterocycles. The molecular weight excluding hydrogens is 193 g/mol. The summed E-state index contributed by atoms with van der Waals surface area (Å²) < 4.78 is 13.3. The molecule has 2 aliphatic heterocycles. The van der Waals surface area contributed by atoms with Gasteiger partial charge >= 0.3 is 0 Å². The van der Waals surface area contributed by atoms with Crippen LogP contribution in [0, 0.1) is 11.2 Å². The number of benzene rings is 1. The van der Waals surface area contributed by atoms with Crippen molar-refractivity contribution in [1.82, 2.24) is 4.90 Å². The maximum atomic E-state index is 13.3. The fraction of sp³-hybridized carbons (Fsp3) is 0.364. The molecular formula is C11H12FN3. The Morgan fingerprint density at radius 1 is 1.33 bits per heavy atom. The van der Waals surface area contributed by atoms with Crippen LogP contribution in [-0.2, 0) is 13.0 Å². The van der Waals surface area contributed by atoms with E-state index < -0.39 is 0 Å². The van der Waals surface area contributed by atoms with Crippen LogP contribution in [0.15, 0.2) is 12.1 Å². The van der Waals surface area contributed by atoms with E-state index in [0.717, 1.165) is 29.8 Å². The Hall–Kier alpha value is -1.58. The maximum Gasteiger partial charge on any atom is 0.198 e. The first-order valence-electron chi connectivity index (χ1n) is 5.05. The van der Waals surface area contributed by atoms with Crippen molar-refractivity contribution in [2.75, 3.05) is 18.5 Å². The number of hydrogen-bond donors (Lipinski definition) is 1. The zero-order valence-electron chi connectivity index (χ0n) is 8.55. The molecule has 0 unspecified atom stereocenters. The van der Waals surface area contributed by atoms with E-state index in [9.17, 15) is 4.39 Å². The van der Waals surface area contributed by atoms with Gasteiger partial charge in [-0.2, -0.15) is 0 Å². The molecule has 0 aromatic heterocycles. The highest BCUT2D eigenvalue weighted by Crippen LogP contribution is 2.36. The Labute approximate surface area is 87.6 Å². The van der Waals surface area contributed by atoms with Crippen LogP contribution in [-0.4, -0.2) is 24.5 Å². The molecule has 0 amide bonds.